The van der Waals surface area contributed by atoms with Gasteiger partial charge in [0.25, 0.3) is 5.91 Å². The van der Waals surface area contributed by atoms with Crippen LogP contribution >= 0.6 is 0 Å². The van der Waals surface area contributed by atoms with Crippen molar-refractivity contribution in [1.82, 2.24) is 5.32 Å². The lowest BCUT2D eigenvalue weighted by Gasteiger charge is -2.14. The first kappa shape index (κ1) is 15.3. The van der Waals surface area contributed by atoms with Crippen LogP contribution in [0.5, 0.6) is 5.75 Å². The van der Waals surface area contributed by atoms with Gasteiger partial charge in [-0.3, -0.25) is 4.79 Å². The third kappa shape index (κ3) is 3.95. The summed E-state index contributed by atoms with van der Waals surface area (Å²) in [5.41, 5.74) is 2.59. The van der Waals surface area contributed by atoms with Gasteiger partial charge in [-0.2, -0.15) is 0 Å². The topological polar surface area (TPSA) is 84.9 Å². The second-order valence-electron chi connectivity index (χ2n) is 4.90. The molecule has 6 nitrogen and oxygen atoms in total. The molecule has 0 aromatic heterocycles. The molecule has 1 amide bonds. The van der Waals surface area contributed by atoms with Crippen LogP contribution in [0.1, 0.15) is 17.5 Å². The molecule has 1 aliphatic carbocycles. The van der Waals surface area contributed by atoms with Gasteiger partial charge in [0.2, 0.25) is 0 Å². The molecular formula is C15H19NO5. The first-order chi connectivity index (χ1) is 10.1. The average molecular weight is 293 g/mol. The number of nitrogens with one attached hydrogen (secondary N) is 1. The molecule has 0 bridgehead atoms. The second kappa shape index (κ2) is 7.08. The predicted molar refractivity (Wildman–Crippen MR) is 75.0 cm³/mol. The minimum absolute atomic E-state index is 0.216. The van der Waals surface area contributed by atoms with E-state index < -0.39 is 24.5 Å². The number of carbonyl (C=O) groups is 2. The van der Waals surface area contributed by atoms with E-state index in [2.05, 4.69) is 10.1 Å². The van der Waals surface area contributed by atoms with Crippen molar-refractivity contribution in [2.24, 2.45) is 0 Å². The fraction of sp³-hybridized carbons (Fsp3) is 0.467. The van der Waals surface area contributed by atoms with Crippen molar-refractivity contribution < 1.29 is 24.2 Å². The van der Waals surface area contributed by atoms with Gasteiger partial charge in [-0.15, -0.1) is 0 Å². The van der Waals surface area contributed by atoms with Gasteiger partial charge in [0, 0.05) is 0 Å². The predicted octanol–water partition coefficient (Wildman–Crippen LogP) is 0.204. The minimum atomic E-state index is -1.06. The van der Waals surface area contributed by atoms with Crippen LogP contribution in [-0.2, 0) is 27.2 Å². The van der Waals surface area contributed by atoms with Crippen molar-refractivity contribution in [3.63, 3.8) is 0 Å². The van der Waals surface area contributed by atoms with E-state index in [1.54, 1.807) is 0 Å². The molecule has 2 rings (SSSR count). The molecule has 0 saturated carbocycles. The number of aryl methyl sites for hydroxylation is 2. The lowest BCUT2D eigenvalue weighted by molar-refractivity contribution is -0.146. The monoisotopic (exact) mass is 293 g/mol. The molecule has 6 heteroatoms. The number of aliphatic hydroxyl groups is 1. The maximum absolute atomic E-state index is 11.7. The summed E-state index contributed by atoms with van der Waals surface area (Å²) < 4.78 is 9.87. The van der Waals surface area contributed by atoms with Gasteiger partial charge in [0.05, 0.1) is 13.7 Å². The average Bonchev–Trinajstić information content (AvgIpc) is 2.97. The Morgan fingerprint density at radius 3 is 2.81 bits per heavy atom. The summed E-state index contributed by atoms with van der Waals surface area (Å²) in [5, 5.41) is 11.4. The van der Waals surface area contributed by atoms with Gasteiger partial charge in [0.1, 0.15) is 5.75 Å². The Balaban J connectivity index is 1.85. The van der Waals surface area contributed by atoms with Crippen molar-refractivity contribution in [1.29, 1.82) is 0 Å². The summed E-state index contributed by atoms with van der Waals surface area (Å²) in [4.78, 5) is 22.9. The van der Waals surface area contributed by atoms with Crippen LogP contribution < -0.4 is 10.1 Å². The van der Waals surface area contributed by atoms with Gasteiger partial charge in [-0.25, -0.2) is 4.79 Å². The lowest BCUT2D eigenvalue weighted by atomic mass is 10.1. The van der Waals surface area contributed by atoms with E-state index in [9.17, 15) is 9.59 Å². The second-order valence-corrected chi connectivity index (χ2v) is 4.90. The molecule has 0 aliphatic heterocycles. The smallest absolute Gasteiger partial charge is 0.330 e. The Kier molecular flexibility index (Phi) is 5.16. The molecule has 0 unspecified atom stereocenters. The zero-order chi connectivity index (χ0) is 15.2. The van der Waals surface area contributed by atoms with Crippen molar-refractivity contribution >= 4 is 11.9 Å². The van der Waals surface area contributed by atoms with Crippen molar-refractivity contribution in [2.75, 3.05) is 20.3 Å². The molecule has 0 radical (unpaired) electrons. The van der Waals surface area contributed by atoms with E-state index in [0.29, 0.717) is 5.75 Å². The van der Waals surface area contributed by atoms with Gasteiger partial charge in [0.15, 0.2) is 12.6 Å². The number of methoxy groups -OCH3 is 1. The van der Waals surface area contributed by atoms with Crippen LogP contribution in [-0.4, -0.2) is 43.3 Å². The molecule has 21 heavy (non-hydrogen) atoms. The highest BCUT2D eigenvalue weighted by Gasteiger charge is 2.20. The fourth-order valence-corrected chi connectivity index (χ4v) is 2.34. The fourth-order valence-electron chi connectivity index (χ4n) is 2.34. The van der Waals surface area contributed by atoms with Crippen molar-refractivity contribution in [3.05, 3.63) is 29.3 Å². The quantitative estimate of drug-likeness (QED) is 0.732. The van der Waals surface area contributed by atoms with Gasteiger partial charge in [-0.05, 0) is 42.5 Å². The number of rotatable bonds is 6. The van der Waals surface area contributed by atoms with E-state index in [1.165, 1.54) is 18.2 Å². The molecule has 0 saturated heterocycles. The number of benzene rings is 1. The number of carbonyl (C=O) groups excluding carboxylic acids is 2. The lowest BCUT2D eigenvalue weighted by Crippen LogP contribution is -2.45. The molecule has 0 heterocycles. The van der Waals surface area contributed by atoms with Gasteiger partial charge >= 0.3 is 5.97 Å². The highest BCUT2D eigenvalue weighted by atomic mass is 16.5. The van der Waals surface area contributed by atoms with E-state index in [0.717, 1.165) is 19.3 Å². The summed E-state index contributed by atoms with van der Waals surface area (Å²) in [6.45, 7) is -0.733. The first-order valence-electron chi connectivity index (χ1n) is 6.86. The molecular weight excluding hydrogens is 274 g/mol. The normalized spacial score (nSPS) is 14.2. The van der Waals surface area contributed by atoms with E-state index in [-0.39, 0.29) is 6.61 Å². The summed E-state index contributed by atoms with van der Waals surface area (Å²) >= 11 is 0. The van der Waals surface area contributed by atoms with Gasteiger partial charge in [-0.1, -0.05) is 6.07 Å². The van der Waals surface area contributed by atoms with E-state index in [4.69, 9.17) is 9.84 Å². The molecule has 2 N–H and O–H groups in total. The number of amides is 1. The number of fused-ring (bicyclic) bond motifs is 1. The Hall–Kier alpha value is -2.08. The van der Waals surface area contributed by atoms with E-state index in [1.807, 2.05) is 18.2 Å². The van der Waals surface area contributed by atoms with Crippen molar-refractivity contribution in [3.8, 4) is 5.75 Å². The van der Waals surface area contributed by atoms with Crippen LogP contribution in [0.4, 0.5) is 0 Å². The number of hydrogen-bond acceptors (Lipinski definition) is 5. The number of hydrogen-bond donors (Lipinski definition) is 2. The molecule has 1 aliphatic rings. The maximum Gasteiger partial charge on any atom is 0.330 e. The molecule has 1 aromatic rings. The van der Waals surface area contributed by atoms with Crippen LogP contribution in [0, 0.1) is 0 Å². The molecule has 1 aromatic carbocycles. The van der Waals surface area contributed by atoms with Crippen LogP contribution in [0.3, 0.4) is 0 Å². The zero-order valence-corrected chi connectivity index (χ0v) is 11.9. The SMILES string of the molecule is COC(=O)[C@H](CO)NC(=O)COc1ccc2c(c1)CCC2. The Bertz CT molecular complexity index is 529. The Morgan fingerprint density at radius 1 is 1.33 bits per heavy atom. The highest BCUT2D eigenvalue weighted by molar-refractivity contribution is 5.85. The Morgan fingerprint density at radius 2 is 2.10 bits per heavy atom. The standard InChI is InChI=1S/C15H19NO5/c1-20-15(19)13(8-17)16-14(18)9-21-12-6-5-10-3-2-4-11(10)7-12/h5-7,13,17H,2-4,8-9H2,1H3,(H,16,18)/t13-/m0/s1. The number of esters is 1. The summed E-state index contributed by atoms with van der Waals surface area (Å²) in [6, 6.07) is 4.73. The summed E-state index contributed by atoms with van der Waals surface area (Å²) in [7, 11) is 1.19. The Labute approximate surface area is 123 Å². The number of ether oxygens (including phenoxy) is 2. The van der Waals surface area contributed by atoms with Crippen molar-refractivity contribution in [2.45, 2.75) is 25.3 Å². The van der Waals surface area contributed by atoms with Gasteiger partial charge < -0.3 is 19.9 Å². The summed E-state index contributed by atoms with van der Waals surface area (Å²) in [6.07, 6.45) is 3.28. The zero-order valence-electron chi connectivity index (χ0n) is 11.9. The molecule has 0 spiro atoms. The van der Waals surface area contributed by atoms with E-state index >= 15 is 0 Å². The molecule has 114 valence electrons. The summed E-state index contributed by atoms with van der Waals surface area (Å²) in [5.74, 6) is -0.548. The third-order valence-corrected chi connectivity index (χ3v) is 3.44. The highest BCUT2D eigenvalue weighted by Crippen LogP contribution is 2.25. The molecule has 0 fully saturated rings. The largest absolute Gasteiger partial charge is 0.484 e. The first-order valence-corrected chi connectivity index (χ1v) is 6.86. The minimum Gasteiger partial charge on any atom is -0.484 e. The van der Waals surface area contributed by atoms with Crippen LogP contribution in [0.25, 0.3) is 0 Å². The number of aliphatic hydroxyl groups excluding tert-OH is 1. The maximum atomic E-state index is 11.7. The van der Waals surface area contributed by atoms with Crippen LogP contribution in [0.2, 0.25) is 0 Å². The molecule has 1 atom stereocenters. The third-order valence-electron chi connectivity index (χ3n) is 3.44. The van der Waals surface area contributed by atoms with Crippen LogP contribution in [0.15, 0.2) is 18.2 Å².